The lowest BCUT2D eigenvalue weighted by atomic mass is 10.2. The van der Waals surface area contributed by atoms with Crippen LogP contribution in [0.3, 0.4) is 0 Å². The Hall–Kier alpha value is -2.24. The monoisotopic (exact) mass is 395 g/mol. The second-order valence-electron chi connectivity index (χ2n) is 6.23. The van der Waals surface area contributed by atoms with Crippen molar-refractivity contribution in [1.29, 1.82) is 0 Å². The van der Waals surface area contributed by atoms with Gasteiger partial charge in [0.25, 0.3) is 0 Å². The fourth-order valence-corrected chi connectivity index (χ4v) is 4.09. The summed E-state index contributed by atoms with van der Waals surface area (Å²) in [5.74, 6) is 1.62. The number of rotatable bonds is 6. The summed E-state index contributed by atoms with van der Waals surface area (Å²) in [6.07, 6.45) is 3.86. The highest BCUT2D eigenvalue weighted by Crippen LogP contribution is 2.32. The largest absolute Gasteiger partial charge is 0.490 e. The van der Waals surface area contributed by atoms with Crippen LogP contribution in [0.4, 0.5) is 0 Å². The maximum atomic E-state index is 12.2. The molecule has 0 fully saturated rings. The van der Waals surface area contributed by atoms with E-state index in [1.807, 2.05) is 68.5 Å². The molecule has 2 aromatic carbocycles. The van der Waals surface area contributed by atoms with Crippen molar-refractivity contribution in [3.05, 3.63) is 83.1 Å². The van der Waals surface area contributed by atoms with Gasteiger partial charge in [-0.3, -0.25) is 4.79 Å². The lowest BCUT2D eigenvalue weighted by molar-refractivity contribution is -0.107. The molecule has 0 amide bonds. The third-order valence-electron chi connectivity index (χ3n) is 3.73. The second-order valence-corrected chi connectivity index (χ2v) is 8.42. The van der Waals surface area contributed by atoms with E-state index in [1.54, 1.807) is 11.8 Å². The summed E-state index contributed by atoms with van der Waals surface area (Å²) >= 11 is 2.80. The van der Waals surface area contributed by atoms with Crippen molar-refractivity contribution >= 4 is 39.1 Å². The van der Waals surface area contributed by atoms with Crippen LogP contribution in [0.25, 0.3) is 6.08 Å². The molecule has 3 nitrogen and oxygen atoms in total. The summed E-state index contributed by atoms with van der Waals surface area (Å²) in [5.41, 5.74) is 3.88. The summed E-state index contributed by atoms with van der Waals surface area (Å²) in [6.45, 7) is 4.65. The average Bonchev–Trinajstić information content (AvgIpc) is 3.01. The Morgan fingerprint density at radius 2 is 1.85 bits per heavy atom. The molecule has 1 aliphatic rings. The first-order valence-corrected chi connectivity index (χ1v) is 10.5. The number of hydrogen-bond donors (Lipinski definition) is 0. The van der Waals surface area contributed by atoms with Crippen LogP contribution >= 0.6 is 23.5 Å². The minimum Gasteiger partial charge on any atom is -0.490 e. The van der Waals surface area contributed by atoms with Crippen molar-refractivity contribution in [2.75, 3.05) is 6.61 Å². The van der Waals surface area contributed by atoms with E-state index in [0.29, 0.717) is 12.3 Å². The molecular weight excluding hydrogens is 374 g/mol. The molecule has 0 bridgehead atoms. The second kappa shape index (κ2) is 9.62. The van der Waals surface area contributed by atoms with Gasteiger partial charge in [0.15, 0.2) is 0 Å². The topological polar surface area (TPSA) is 38.7 Å². The summed E-state index contributed by atoms with van der Waals surface area (Å²) in [4.78, 5) is 16.7. The van der Waals surface area contributed by atoms with Crippen LogP contribution in [0.1, 0.15) is 25.0 Å². The standard InChI is InChI=1S/C22H21NO2S2/c1-16(2)12-13-25-19-10-8-17(9-11-19)14-20-21(24)27-22(23-20)26-15-18-6-4-3-5-7-18/h3-12,14H,13,15H2,1-2H3/b20-14-. The van der Waals surface area contributed by atoms with E-state index < -0.39 is 0 Å². The highest BCUT2D eigenvalue weighted by molar-refractivity contribution is 8.45. The van der Waals surface area contributed by atoms with Crippen molar-refractivity contribution in [2.45, 2.75) is 19.6 Å². The zero-order valence-electron chi connectivity index (χ0n) is 15.3. The van der Waals surface area contributed by atoms with Gasteiger partial charge in [-0.2, -0.15) is 0 Å². The molecule has 1 aliphatic heterocycles. The number of carbonyl (C=O) groups is 1. The Labute approximate surface area is 168 Å². The predicted molar refractivity (Wildman–Crippen MR) is 117 cm³/mol. The van der Waals surface area contributed by atoms with Gasteiger partial charge in [0.2, 0.25) is 5.12 Å². The van der Waals surface area contributed by atoms with Gasteiger partial charge in [0, 0.05) is 5.75 Å². The van der Waals surface area contributed by atoms with Crippen molar-refractivity contribution < 1.29 is 9.53 Å². The smallest absolute Gasteiger partial charge is 0.244 e. The number of carbonyl (C=O) groups excluding carboxylic acids is 1. The van der Waals surface area contributed by atoms with Gasteiger partial charge in [0.1, 0.15) is 22.4 Å². The Balaban J connectivity index is 1.61. The molecule has 0 saturated heterocycles. The van der Waals surface area contributed by atoms with Gasteiger partial charge in [0.05, 0.1) is 0 Å². The fourth-order valence-electron chi connectivity index (χ4n) is 2.29. The molecule has 0 saturated carbocycles. The molecule has 0 atom stereocenters. The molecule has 0 spiro atoms. The van der Waals surface area contributed by atoms with Crippen LogP contribution < -0.4 is 4.74 Å². The van der Waals surface area contributed by atoms with Crippen LogP contribution in [0.5, 0.6) is 5.75 Å². The number of aliphatic imine (C=N–C) groups is 1. The van der Waals surface area contributed by atoms with Gasteiger partial charge in [-0.1, -0.05) is 59.8 Å². The average molecular weight is 396 g/mol. The van der Waals surface area contributed by atoms with E-state index in [2.05, 4.69) is 17.1 Å². The third kappa shape index (κ3) is 6.15. The van der Waals surface area contributed by atoms with Gasteiger partial charge in [-0.05, 0) is 61.0 Å². The molecule has 0 aliphatic carbocycles. The maximum Gasteiger partial charge on any atom is 0.244 e. The van der Waals surface area contributed by atoms with Gasteiger partial charge in [-0.15, -0.1) is 0 Å². The fraction of sp³-hybridized carbons (Fsp3) is 0.182. The molecule has 0 aromatic heterocycles. The highest BCUT2D eigenvalue weighted by Gasteiger charge is 2.22. The zero-order chi connectivity index (χ0) is 19.1. The van der Waals surface area contributed by atoms with E-state index in [0.717, 1.165) is 21.4 Å². The number of thioether (sulfide) groups is 2. The van der Waals surface area contributed by atoms with Gasteiger partial charge in [-0.25, -0.2) is 4.99 Å². The summed E-state index contributed by atoms with van der Waals surface area (Å²) < 4.78 is 6.46. The minimum absolute atomic E-state index is 0.00514. The van der Waals surface area contributed by atoms with Crippen molar-refractivity contribution in [2.24, 2.45) is 4.99 Å². The number of benzene rings is 2. The first-order valence-electron chi connectivity index (χ1n) is 8.66. The lowest BCUT2D eigenvalue weighted by Gasteiger charge is -2.04. The zero-order valence-corrected chi connectivity index (χ0v) is 17.0. The van der Waals surface area contributed by atoms with Crippen molar-refractivity contribution in [1.82, 2.24) is 0 Å². The molecule has 1 heterocycles. The predicted octanol–water partition coefficient (Wildman–Crippen LogP) is 5.94. The highest BCUT2D eigenvalue weighted by atomic mass is 32.2. The molecule has 0 N–H and O–H groups in total. The number of hydrogen-bond acceptors (Lipinski definition) is 5. The van der Waals surface area contributed by atoms with E-state index in [9.17, 15) is 4.79 Å². The van der Waals surface area contributed by atoms with Gasteiger partial charge >= 0.3 is 0 Å². The number of ether oxygens (including phenoxy) is 1. The Morgan fingerprint density at radius 1 is 1.11 bits per heavy atom. The molecule has 0 radical (unpaired) electrons. The SMILES string of the molecule is CC(C)=CCOc1ccc(/C=C2\N=C(SCc3ccccc3)SC2=O)cc1. The van der Waals surface area contributed by atoms with Crippen LogP contribution in [0.15, 0.2) is 76.9 Å². The quantitative estimate of drug-likeness (QED) is 0.448. The molecule has 3 rings (SSSR count). The maximum absolute atomic E-state index is 12.2. The minimum atomic E-state index is -0.00514. The summed E-state index contributed by atoms with van der Waals surface area (Å²) in [7, 11) is 0. The van der Waals surface area contributed by atoms with Crippen LogP contribution in [0, 0.1) is 0 Å². The van der Waals surface area contributed by atoms with E-state index >= 15 is 0 Å². The Morgan fingerprint density at radius 3 is 2.56 bits per heavy atom. The van der Waals surface area contributed by atoms with Crippen LogP contribution in [-0.2, 0) is 10.5 Å². The normalized spacial score (nSPS) is 15.0. The van der Waals surface area contributed by atoms with E-state index in [4.69, 9.17) is 4.74 Å². The molecular formula is C22H21NO2S2. The first-order chi connectivity index (χ1) is 13.1. The Kier molecular flexibility index (Phi) is 6.96. The molecule has 27 heavy (non-hydrogen) atoms. The summed E-state index contributed by atoms with van der Waals surface area (Å²) in [6, 6.07) is 17.9. The molecule has 5 heteroatoms. The summed E-state index contributed by atoms with van der Waals surface area (Å²) in [5, 5.41) is -0.00514. The Bertz CT molecular complexity index is 880. The molecule has 138 valence electrons. The van der Waals surface area contributed by atoms with Crippen molar-refractivity contribution in [3.63, 3.8) is 0 Å². The molecule has 0 unspecified atom stereocenters. The molecule has 2 aromatic rings. The first kappa shape index (κ1) is 19.5. The number of allylic oxidation sites excluding steroid dienone is 1. The van der Waals surface area contributed by atoms with E-state index in [-0.39, 0.29) is 5.12 Å². The van der Waals surface area contributed by atoms with Gasteiger partial charge < -0.3 is 4.74 Å². The third-order valence-corrected chi connectivity index (χ3v) is 5.81. The van der Waals surface area contributed by atoms with E-state index in [1.165, 1.54) is 22.9 Å². The number of nitrogens with zero attached hydrogens (tertiary/aromatic N) is 1. The lowest BCUT2D eigenvalue weighted by Crippen LogP contribution is -1.94. The van der Waals surface area contributed by atoms with Crippen LogP contribution in [0.2, 0.25) is 0 Å². The van der Waals surface area contributed by atoms with Crippen LogP contribution in [-0.4, -0.2) is 16.1 Å². The van der Waals surface area contributed by atoms with Crippen molar-refractivity contribution in [3.8, 4) is 5.75 Å².